The molecule has 1 aromatic carbocycles. The van der Waals surface area contributed by atoms with Gasteiger partial charge in [0.2, 0.25) is 11.8 Å². The number of aryl methyl sites for hydroxylation is 1. The van der Waals surface area contributed by atoms with Crippen molar-refractivity contribution in [3.05, 3.63) is 84.2 Å². The van der Waals surface area contributed by atoms with E-state index in [4.69, 9.17) is 14.5 Å². The molecule has 0 radical (unpaired) electrons. The molecule has 0 fully saturated rings. The summed E-state index contributed by atoms with van der Waals surface area (Å²) in [5.41, 5.74) is 4.37. The van der Waals surface area contributed by atoms with E-state index in [0.29, 0.717) is 30.5 Å². The van der Waals surface area contributed by atoms with E-state index in [1.165, 1.54) is 0 Å². The fraction of sp³-hybridized carbons (Fsp3) is 0.231. The number of hydrogen-bond donors (Lipinski definition) is 1. The number of nitrogens with zero attached hydrogens (tertiary/aromatic N) is 5. The number of nitrogens with one attached hydrogen (secondary N) is 1. The first-order chi connectivity index (χ1) is 17.0. The molecule has 9 heteroatoms. The Bertz CT molecular complexity index is 1350. The summed E-state index contributed by atoms with van der Waals surface area (Å²) in [6.07, 6.45) is 6.80. The number of amides is 1. The third-order valence-corrected chi connectivity index (χ3v) is 5.88. The molecule has 4 heterocycles. The molecule has 0 saturated heterocycles. The van der Waals surface area contributed by atoms with Gasteiger partial charge in [-0.3, -0.25) is 9.78 Å². The second-order valence-electron chi connectivity index (χ2n) is 8.39. The maximum atomic E-state index is 12.2. The van der Waals surface area contributed by atoms with Gasteiger partial charge in [0.25, 0.3) is 0 Å². The summed E-state index contributed by atoms with van der Waals surface area (Å²) < 4.78 is 13.8. The van der Waals surface area contributed by atoms with Crippen molar-refractivity contribution in [1.29, 1.82) is 0 Å². The summed E-state index contributed by atoms with van der Waals surface area (Å²) in [6.45, 7) is 4.37. The highest BCUT2D eigenvalue weighted by molar-refractivity contribution is 5.73. The van der Waals surface area contributed by atoms with Crippen LogP contribution in [0.4, 0.5) is 11.5 Å². The van der Waals surface area contributed by atoms with E-state index in [1.807, 2.05) is 60.2 Å². The van der Waals surface area contributed by atoms with Crippen LogP contribution in [0.25, 0.3) is 5.69 Å². The van der Waals surface area contributed by atoms with Crippen LogP contribution in [-0.4, -0.2) is 44.0 Å². The van der Waals surface area contributed by atoms with E-state index in [2.05, 4.69) is 15.3 Å². The summed E-state index contributed by atoms with van der Waals surface area (Å²) in [5, 5.41) is 3.33. The summed E-state index contributed by atoms with van der Waals surface area (Å²) in [6, 6.07) is 13.4. The molecule has 0 saturated carbocycles. The van der Waals surface area contributed by atoms with Crippen LogP contribution >= 0.6 is 0 Å². The zero-order valence-corrected chi connectivity index (χ0v) is 19.8. The quantitative estimate of drug-likeness (QED) is 0.467. The van der Waals surface area contributed by atoms with Crippen molar-refractivity contribution in [2.24, 2.45) is 0 Å². The number of benzene rings is 1. The number of methoxy groups -OCH3 is 1. The van der Waals surface area contributed by atoms with Gasteiger partial charge in [0.05, 0.1) is 37.9 Å². The second-order valence-corrected chi connectivity index (χ2v) is 8.39. The van der Waals surface area contributed by atoms with Crippen molar-refractivity contribution in [2.45, 2.75) is 26.5 Å². The van der Waals surface area contributed by atoms with Crippen LogP contribution in [0.5, 0.6) is 11.6 Å². The molecular formula is C26H26N6O3. The molecule has 0 spiro atoms. The van der Waals surface area contributed by atoms with Crippen molar-refractivity contribution < 1.29 is 14.3 Å². The lowest BCUT2D eigenvalue weighted by Gasteiger charge is -2.22. The molecule has 5 rings (SSSR count). The van der Waals surface area contributed by atoms with Gasteiger partial charge in [-0.2, -0.15) is 4.98 Å². The van der Waals surface area contributed by atoms with Crippen molar-refractivity contribution in [2.75, 3.05) is 19.0 Å². The van der Waals surface area contributed by atoms with Gasteiger partial charge in [-0.25, -0.2) is 4.98 Å². The molecule has 0 aliphatic carbocycles. The molecule has 1 amide bonds. The van der Waals surface area contributed by atoms with Gasteiger partial charge in [-0.1, -0.05) is 6.07 Å². The van der Waals surface area contributed by atoms with E-state index >= 15 is 0 Å². The maximum absolute atomic E-state index is 12.2. The van der Waals surface area contributed by atoms with E-state index in [9.17, 15) is 4.79 Å². The largest absolute Gasteiger partial charge is 0.494 e. The Kier molecular flexibility index (Phi) is 6.05. The van der Waals surface area contributed by atoms with E-state index in [-0.39, 0.29) is 12.0 Å². The summed E-state index contributed by atoms with van der Waals surface area (Å²) in [5.74, 6) is 1.80. The second kappa shape index (κ2) is 9.46. The number of pyridine rings is 2. The first kappa shape index (κ1) is 22.4. The minimum atomic E-state index is -0.366. The molecule has 0 bridgehead atoms. The number of rotatable bonds is 5. The van der Waals surface area contributed by atoms with E-state index in [0.717, 1.165) is 28.2 Å². The molecule has 178 valence electrons. The number of anilines is 2. The number of aromatic nitrogens is 4. The number of hydrogen-bond acceptors (Lipinski definition) is 7. The Morgan fingerprint density at radius 1 is 1.23 bits per heavy atom. The molecule has 3 aromatic heterocycles. The smallest absolute Gasteiger partial charge is 0.221 e. The van der Waals surface area contributed by atoms with Crippen molar-refractivity contribution in [3.63, 3.8) is 0 Å². The van der Waals surface area contributed by atoms with Gasteiger partial charge in [0.1, 0.15) is 17.7 Å². The van der Waals surface area contributed by atoms with Crippen molar-refractivity contribution in [3.8, 4) is 17.3 Å². The highest BCUT2D eigenvalue weighted by atomic mass is 16.5. The average molecular weight is 471 g/mol. The lowest BCUT2D eigenvalue weighted by molar-refractivity contribution is -0.130. The van der Waals surface area contributed by atoms with Crippen molar-refractivity contribution >= 4 is 17.4 Å². The molecule has 1 unspecified atom stereocenters. The maximum Gasteiger partial charge on any atom is 0.221 e. The monoisotopic (exact) mass is 470 g/mol. The van der Waals surface area contributed by atoms with Crippen LogP contribution in [0.2, 0.25) is 0 Å². The molecule has 4 aromatic rings. The first-order valence-electron chi connectivity index (χ1n) is 11.3. The lowest BCUT2D eigenvalue weighted by Crippen LogP contribution is -2.32. The Morgan fingerprint density at radius 3 is 2.83 bits per heavy atom. The standard InChI is InChI=1S/C26H26N6O3/c1-17-13-32(16-28-17)22-8-7-21(11-23(22)34-3)29-25-9-6-20-14-31(18(2)33)15-24(35-26(20)30-25)19-5-4-10-27-12-19/h4-13,16,24H,14-15H2,1-3H3,(H,29,30). The first-order valence-corrected chi connectivity index (χ1v) is 11.3. The van der Waals surface area contributed by atoms with Crippen LogP contribution in [-0.2, 0) is 11.3 Å². The predicted octanol–water partition coefficient (Wildman–Crippen LogP) is 4.21. The van der Waals surface area contributed by atoms with Crippen LogP contribution in [0.1, 0.15) is 29.8 Å². The van der Waals surface area contributed by atoms with E-state index < -0.39 is 0 Å². The van der Waals surface area contributed by atoms with Gasteiger partial charge in [-0.15, -0.1) is 0 Å². The minimum absolute atomic E-state index is 0.0159. The Balaban J connectivity index is 1.43. The van der Waals surface area contributed by atoms with Gasteiger partial charge < -0.3 is 24.3 Å². The van der Waals surface area contributed by atoms with Gasteiger partial charge in [0.15, 0.2) is 0 Å². The molecule has 1 atom stereocenters. The minimum Gasteiger partial charge on any atom is -0.494 e. The van der Waals surface area contributed by atoms with Crippen LogP contribution < -0.4 is 14.8 Å². The number of carbonyl (C=O) groups is 1. The third-order valence-electron chi connectivity index (χ3n) is 5.88. The molecule has 1 N–H and O–H groups in total. The van der Waals surface area contributed by atoms with E-state index in [1.54, 1.807) is 37.7 Å². The third kappa shape index (κ3) is 4.79. The SMILES string of the molecule is COc1cc(Nc2ccc3c(n2)OC(c2cccnc2)CN(C(C)=O)C3)ccc1-n1cnc(C)c1. The number of fused-ring (bicyclic) bond motifs is 1. The van der Waals surface area contributed by atoms with Crippen LogP contribution in [0, 0.1) is 6.92 Å². The van der Waals surface area contributed by atoms with Gasteiger partial charge >= 0.3 is 0 Å². The predicted molar refractivity (Wildman–Crippen MR) is 131 cm³/mol. The fourth-order valence-electron chi connectivity index (χ4n) is 4.05. The Hall–Kier alpha value is -4.40. The molecule has 1 aliphatic heterocycles. The highest BCUT2D eigenvalue weighted by Crippen LogP contribution is 2.33. The van der Waals surface area contributed by atoms with Crippen LogP contribution in [0.3, 0.4) is 0 Å². The zero-order valence-electron chi connectivity index (χ0n) is 19.8. The van der Waals surface area contributed by atoms with Crippen molar-refractivity contribution in [1.82, 2.24) is 24.4 Å². The molecule has 9 nitrogen and oxygen atoms in total. The lowest BCUT2D eigenvalue weighted by atomic mass is 10.1. The summed E-state index contributed by atoms with van der Waals surface area (Å²) >= 11 is 0. The zero-order chi connectivity index (χ0) is 24.4. The topological polar surface area (TPSA) is 94.4 Å². The Morgan fingerprint density at radius 2 is 2.11 bits per heavy atom. The van der Waals surface area contributed by atoms with Gasteiger partial charge in [0, 0.05) is 48.4 Å². The van der Waals surface area contributed by atoms with Crippen LogP contribution in [0.15, 0.2) is 67.4 Å². The summed E-state index contributed by atoms with van der Waals surface area (Å²) in [7, 11) is 1.64. The number of imidazole rings is 1. The molecule has 1 aliphatic rings. The number of ether oxygens (including phenoxy) is 2. The fourth-order valence-corrected chi connectivity index (χ4v) is 4.05. The summed E-state index contributed by atoms with van der Waals surface area (Å²) in [4.78, 5) is 27.2. The average Bonchev–Trinajstić information content (AvgIpc) is 3.20. The van der Waals surface area contributed by atoms with Gasteiger partial charge in [-0.05, 0) is 37.3 Å². The number of carbonyl (C=O) groups excluding carboxylic acids is 1. The highest BCUT2D eigenvalue weighted by Gasteiger charge is 2.27. The molecule has 35 heavy (non-hydrogen) atoms. The normalized spacial score (nSPS) is 15.1. The molecular weight excluding hydrogens is 444 g/mol. The Labute approximate surface area is 203 Å².